The second kappa shape index (κ2) is 6.15. The van der Waals surface area contributed by atoms with E-state index in [2.05, 4.69) is 10.4 Å². The zero-order valence-corrected chi connectivity index (χ0v) is 13.3. The molecule has 1 aliphatic rings. The number of anilines is 1. The predicted octanol–water partition coefficient (Wildman–Crippen LogP) is 1.09. The van der Waals surface area contributed by atoms with Crippen molar-refractivity contribution >= 4 is 23.5 Å². The van der Waals surface area contributed by atoms with E-state index < -0.39 is 12.1 Å². The molecule has 0 saturated carbocycles. The Labute approximate surface area is 138 Å². The number of rotatable bonds is 4. The fourth-order valence-electron chi connectivity index (χ4n) is 2.61. The maximum atomic E-state index is 12.2. The monoisotopic (exact) mass is 327 g/mol. The normalized spacial score (nSPS) is 17.5. The summed E-state index contributed by atoms with van der Waals surface area (Å²) in [7, 11) is 2.92. The van der Waals surface area contributed by atoms with Crippen molar-refractivity contribution in [2.45, 2.75) is 12.5 Å². The van der Waals surface area contributed by atoms with Gasteiger partial charge in [-0.1, -0.05) is 6.07 Å². The Hall–Kier alpha value is -3.16. The molecule has 8 heteroatoms. The van der Waals surface area contributed by atoms with E-state index >= 15 is 0 Å². The number of likely N-dealkylation sites (N-methyl/N-ethyl adjacent to an activating group) is 2. The molecular formula is C16H17N5O3. The van der Waals surface area contributed by atoms with Gasteiger partial charge >= 0.3 is 6.03 Å². The van der Waals surface area contributed by atoms with E-state index in [0.717, 1.165) is 10.6 Å². The van der Waals surface area contributed by atoms with E-state index in [0.29, 0.717) is 5.69 Å². The van der Waals surface area contributed by atoms with Crippen molar-refractivity contribution in [3.8, 4) is 5.69 Å². The molecule has 124 valence electrons. The lowest BCUT2D eigenvalue weighted by atomic mass is 10.1. The summed E-state index contributed by atoms with van der Waals surface area (Å²) in [5, 5.41) is 6.89. The average molecular weight is 327 g/mol. The second-order valence-corrected chi connectivity index (χ2v) is 5.56. The molecule has 24 heavy (non-hydrogen) atoms. The molecule has 0 radical (unpaired) electrons. The van der Waals surface area contributed by atoms with Gasteiger partial charge in [-0.2, -0.15) is 5.10 Å². The SMILES string of the molecule is CN1C(=O)C(CC(=O)Nc2cccc(-n3cccn3)c2)N(C)C1=O. The van der Waals surface area contributed by atoms with E-state index in [9.17, 15) is 14.4 Å². The summed E-state index contributed by atoms with van der Waals surface area (Å²) in [5.74, 6) is -0.705. The van der Waals surface area contributed by atoms with Crippen LogP contribution >= 0.6 is 0 Å². The fourth-order valence-corrected chi connectivity index (χ4v) is 2.61. The smallest absolute Gasteiger partial charge is 0.326 e. The van der Waals surface area contributed by atoms with Gasteiger partial charge in [0.05, 0.1) is 12.1 Å². The molecule has 2 aromatic rings. The van der Waals surface area contributed by atoms with Crippen LogP contribution in [-0.2, 0) is 9.59 Å². The van der Waals surface area contributed by atoms with Crippen LogP contribution in [-0.4, -0.2) is 57.6 Å². The highest BCUT2D eigenvalue weighted by Crippen LogP contribution is 2.18. The van der Waals surface area contributed by atoms with Gasteiger partial charge in [-0.25, -0.2) is 9.48 Å². The molecule has 3 rings (SSSR count). The van der Waals surface area contributed by atoms with Gasteiger partial charge in [0, 0.05) is 32.2 Å². The van der Waals surface area contributed by atoms with Gasteiger partial charge in [-0.3, -0.25) is 14.5 Å². The van der Waals surface area contributed by atoms with E-state index in [1.54, 1.807) is 41.3 Å². The molecule has 1 unspecified atom stereocenters. The van der Waals surface area contributed by atoms with Gasteiger partial charge in [0.15, 0.2) is 0 Å². The van der Waals surface area contributed by atoms with Crippen LogP contribution in [0.15, 0.2) is 42.7 Å². The van der Waals surface area contributed by atoms with Crippen LogP contribution in [0.2, 0.25) is 0 Å². The summed E-state index contributed by atoms with van der Waals surface area (Å²) in [5.41, 5.74) is 1.41. The van der Waals surface area contributed by atoms with Gasteiger partial charge < -0.3 is 10.2 Å². The average Bonchev–Trinajstić information content (AvgIpc) is 3.16. The number of carbonyl (C=O) groups is 3. The van der Waals surface area contributed by atoms with Crippen molar-refractivity contribution < 1.29 is 14.4 Å². The number of nitrogens with zero attached hydrogens (tertiary/aromatic N) is 4. The number of hydrogen-bond acceptors (Lipinski definition) is 4. The van der Waals surface area contributed by atoms with E-state index in [1.807, 2.05) is 6.07 Å². The third-order valence-corrected chi connectivity index (χ3v) is 3.95. The van der Waals surface area contributed by atoms with E-state index in [4.69, 9.17) is 0 Å². The second-order valence-electron chi connectivity index (χ2n) is 5.56. The molecule has 1 atom stereocenters. The van der Waals surface area contributed by atoms with Crippen molar-refractivity contribution in [3.63, 3.8) is 0 Å². The third kappa shape index (κ3) is 2.85. The molecule has 8 nitrogen and oxygen atoms in total. The molecular weight excluding hydrogens is 310 g/mol. The molecule has 2 heterocycles. The van der Waals surface area contributed by atoms with Crippen molar-refractivity contribution in [2.24, 2.45) is 0 Å². The highest BCUT2D eigenvalue weighted by atomic mass is 16.2. The van der Waals surface area contributed by atoms with Crippen LogP contribution in [0.25, 0.3) is 5.69 Å². The summed E-state index contributed by atoms with van der Waals surface area (Å²) in [4.78, 5) is 38.3. The van der Waals surface area contributed by atoms with Gasteiger partial charge in [0.1, 0.15) is 6.04 Å². The van der Waals surface area contributed by atoms with Crippen molar-refractivity contribution in [1.29, 1.82) is 0 Å². The highest BCUT2D eigenvalue weighted by Gasteiger charge is 2.41. The fraction of sp³-hybridized carbons (Fsp3) is 0.250. The number of imide groups is 1. The third-order valence-electron chi connectivity index (χ3n) is 3.95. The number of carbonyl (C=O) groups excluding carboxylic acids is 3. The Bertz CT molecular complexity index is 787. The summed E-state index contributed by atoms with van der Waals surface area (Å²) < 4.78 is 1.68. The Morgan fingerprint density at radius 3 is 2.67 bits per heavy atom. The lowest BCUT2D eigenvalue weighted by Gasteiger charge is -2.15. The van der Waals surface area contributed by atoms with Gasteiger partial charge in [0.2, 0.25) is 5.91 Å². The Morgan fingerprint density at radius 2 is 2.04 bits per heavy atom. The number of aromatic nitrogens is 2. The first-order valence-corrected chi connectivity index (χ1v) is 7.41. The standard InChI is InChI=1S/C16H17N5O3/c1-19-13(15(23)20(2)16(19)24)10-14(22)18-11-5-3-6-12(9-11)21-8-4-7-17-21/h3-9,13H,10H2,1-2H3,(H,18,22). The Kier molecular flexibility index (Phi) is 4.03. The largest absolute Gasteiger partial charge is 0.326 e. The zero-order chi connectivity index (χ0) is 17.3. The predicted molar refractivity (Wildman–Crippen MR) is 86.5 cm³/mol. The van der Waals surface area contributed by atoms with Crippen LogP contribution in [0.4, 0.5) is 10.5 Å². The number of benzene rings is 1. The zero-order valence-electron chi connectivity index (χ0n) is 13.3. The molecule has 0 spiro atoms. The number of hydrogen-bond donors (Lipinski definition) is 1. The minimum absolute atomic E-state index is 0.0859. The number of urea groups is 1. The first-order chi connectivity index (χ1) is 11.5. The van der Waals surface area contributed by atoms with Crippen molar-refractivity contribution in [3.05, 3.63) is 42.7 Å². The van der Waals surface area contributed by atoms with Crippen LogP contribution in [0.3, 0.4) is 0 Å². The Balaban J connectivity index is 1.69. The van der Waals surface area contributed by atoms with Crippen LogP contribution < -0.4 is 5.32 Å². The molecule has 0 bridgehead atoms. The molecule has 1 N–H and O–H groups in total. The summed E-state index contributed by atoms with van der Waals surface area (Å²) in [6.07, 6.45) is 3.38. The quantitative estimate of drug-likeness (QED) is 0.852. The maximum Gasteiger partial charge on any atom is 0.326 e. The molecule has 4 amide bonds. The first-order valence-electron chi connectivity index (χ1n) is 7.41. The molecule has 0 aliphatic carbocycles. The van der Waals surface area contributed by atoms with E-state index in [-0.39, 0.29) is 18.2 Å². The number of nitrogens with one attached hydrogen (secondary N) is 1. The summed E-state index contributed by atoms with van der Waals surface area (Å²) >= 11 is 0. The minimum atomic E-state index is -0.767. The maximum absolute atomic E-state index is 12.2. The summed E-state index contributed by atoms with van der Waals surface area (Å²) in [6.45, 7) is 0. The lowest BCUT2D eigenvalue weighted by Crippen LogP contribution is -2.35. The van der Waals surface area contributed by atoms with Crippen LogP contribution in [0, 0.1) is 0 Å². The van der Waals surface area contributed by atoms with E-state index in [1.165, 1.54) is 19.0 Å². The van der Waals surface area contributed by atoms with Gasteiger partial charge in [-0.05, 0) is 24.3 Å². The molecule has 1 saturated heterocycles. The lowest BCUT2D eigenvalue weighted by molar-refractivity contribution is -0.129. The van der Waals surface area contributed by atoms with Gasteiger partial charge in [0.25, 0.3) is 5.91 Å². The van der Waals surface area contributed by atoms with Crippen LogP contribution in [0.5, 0.6) is 0 Å². The minimum Gasteiger partial charge on any atom is -0.326 e. The van der Waals surface area contributed by atoms with Crippen LogP contribution in [0.1, 0.15) is 6.42 Å². The topological polar surface area (TPSA) is 87.5 Å². The van der Waals surface area contributed by atoms with Gasteiger partial charge in [-0.15, -0.1) is 0 Å². The molecule has 1 aromatic heterocycles. The molecule has 1 aliphatic heterocycles. The van der Waals surface area contributed by atoms with Crippen molar-refractivity contribution in [2.75, 3.05) is 19.4 Å². The number of amides is 4. The summed E-state index contributed by atoms with van der Waals surface area (Å²) in [6, 6.07) is 7.84. The molecule has 1 fully saturated rings. The van der Waals surface area contributed by atoms with Crippen molar-refractivity contribution in [1.82, 2.24) is 19.6 Å². The molecule has 1 aromatic carbocycles. The first kappa shape index (κ1) is 15.7. The highest BCUT2D eigenvalue weighted by molar-refractivity contribution is 6.06. The Morgan fingerprint density at radius 1 is 1.25 bits per heavy atom.